The summed E-state index contributed by atoms with van der Waals surface area (Å²) < 4.78 is 6.78. The van der Waals surface area contributed by atoms with Gasteiger partial charge in [0.25, 0.3) is 0 Å². The lowest BCUT2D eigenvalue weighted by Gasteiger charge is -2.31. The fourth-order valence-electron chi connectivity index (χ4n) is 3.62. The Balaban J connectivity index is 1.39. The lowest BCUT2D eigenvalue weighted by Crippen LogP contribution is -2.42. The predicted molar refractivity (Wildman–Crippen MR) is 101 cm³/mol. The van der Waals surface area contributed by atoms with Crippen LogP contribution in [0.1, 0.15) is 43.2 Å². The Labute approximate surface area is 164 Å². The molecule has 28 heavy (non-hydrogen) atoms. The van der Waals surface area contributed by atoms with E-state index in [1.165, 1.54) is 0 Å². The number of aryl methyl sites for hydroxylation is 2. The zero-order valence-corrected chi connectivity index (χ0v) is 16.7. The van der Waals surface area contributed by atoms with Crippen LogP contribution in [0.15, 0.2) is 16.9 Å². The van der Waals surface area contributed by atoms with Crippen LogP contribution in [-0.4, -0.2) is 56.0 Å². The van der Waals surface area contributed by atoms with Crippen LogP contribution in [0, 0.1) is 19.8 Å². The molecule has 1 saturated carbocycles. The molecule has 152 valence electrons. The Bertz CT molecular complexity index is 806. The molecule has 1 N–H and O–H groups in total. The zero-order valence-electron chi connectivity index (χ0n) is 16.7. The Morgan fingerprint density at radius 3 is 2.64 bits per heavy atom. The van der Waals surface area contributed by atoms with Gasteiger partial charge in [-0.3, -0.25) is 9.59 Å². The first-order valence-corrected chi connectivity index (χ1v) is 9.73. The summed E-state index contributed by atoms with van der Waals surface area (Å²) in [6.45, 7) is 4.47. The van der Waals surface area contributed by atoms with Crippen LogP contribution in [0.4, 0.5) is 0 Å². The van der Waals surface area contributed by atoms with Gasteiger partial charge in [0, 0.05) is 51.3 Å². The number of likely N-dealkylation sites (N-methyl/N-ethyl adjacent to an activating group) is 1. The highest BCUT2D eigenvalue weighted by Crippen LogP contribution is 2.26. The fourth-order valence-corrected chi connectivity index (χ4v) is 3.62. The second kappa shape index (κ2) is 8.99. The minimum absolute atomic E-state index is 0.0107. The van der Waals surface area contributed by atoms with Crippen LogP contribution in [-0.2, 0) is 22.6 Å². The van der Waals surface area contributed by atoms with Crippen LogP contribution < -0.4 is 5.32 Å². The molecule has 2 aromatic rings. The molecular weight excluding hydrogens is 360 g/mol. The van der Waals surface area contributed by atoms with Crippen molar-refractivity contribution in [3.63, 3.8) is 0 Å². The highest BCUT2D eigenvalue weighted by molar-refractivity contribution is 5.79. The summed E-state index contributed by atoms with van der Waals surface area (Å²) in [4.78, 5) is 34.9. The topological polar surface area (TPSA) is 106 Å². The molecule has 0 spiro atoms. The number of nitrogens with one attached hydrogen (secondary N) is 1. The Hall–Kier alpha value is -2.71. The van der Waals surface area contributed by atoms with Crippen LogP contribution in [0.3, 0.4) is 0 Å². The molecule has 2 heterocycles. The first-order valence-electron chi connectivity index (χ1n) is 9.73. The van der Waals surface area contributed by atoms with Gasteiger partial charge in [0.1, 0.15) is 12.4 Å². The van der Waals surface area contributed by atoms with Gasteiger partial charge in [-0.15, -0.1) is 0 Å². The van der Waals surface area contributed by atoms with E-state index in [1.807, 2.05) is 18.5 Å². The normalized spacial score (nSPS) is 19.4. The number of rotatable bonds is 7. The summed E-state index contributed by atoms with van der Waals surface area (Å²) in [7, 11) is 1.82. The highest BCUT2D eigenvalue weighted by atomic mass is 16.5. The van der Waals surface area contributed by atoms with Gasteiger partial charge in [0.2, 0.25) is 17.7 Å². The molecule has 0 aromatic carbocycles. The summed E-state index contributed by atoms with van der Waals surface area (Å²) in [5, 5.41) is 6.94. The van der Waals surface area contributed by atoms with E-state index in [0.717, 1.165) is 31.5 Å². The third kappa shape index (κ3) is 5.17. The minimum atomic E-state index is -0.0107. The molecule has 2 amide bonds. The zero-order chi connectivity index (χ0) is 20.1. The number of nitrogens with zero attached hydrogens (tertiary/aromatic N) is 5. The number of carbonyl (C=O) groups excluding carboxylic acids is 2. The number of imidazole rings is 1. The Morgan fingerprint density at radius 1 is 1.29 bits per heavy atom. The quantitative estimate of drug-likeness (QED) is 0.765. The molecule has 1 aliphatic carbocycles. The Morgan fingerprint density at radius 2 is 2.04 bits per heavy atom. The van der Waals surface area contributed by atoms with Crippen molar-refractivity contribution >= 4 is 11.8 Å². The molecule has 0 aliphatic heterocycles. The third-order valence-corrected chi connectivity index (χ3v) is 5.30. The van der Waals surface area contributed by atoms with Gasteiger partial charge in [-0.1, -0.05) is 5.16 Å². The molecule has 0 saturated heterocycles. The molecule has 0 atom stereocenters. The summed E-state index contributed by atoms with van der Waals surface area (Å²) in [5.74, 6) is 2.14. The van der Waals surface area contributed by atoms with E-state index in [1.54, 1.807) is 24.2 Å². The maximum Gasteiger partial charge on any atom is 0.240 e. The smallest absolute Gasteiger partial charge is 0.240 e. The number of aromatic nitrogens is 4. The van der Waals surface area contributed by atoms with Crippen LogP contribution >= 0.6 is 0 Å². The van der Waals surface area contributed by atoms with Gasteiger partial charge in [-0.2, -0.15) is 4.98 Å². The van der Waals surface area contributed by atoms with E-state index < -0.39 is 0 Å². The van der Waals surface area contributed by atoms with Crippen molar-refractivity contribution in [2.45, 2.75) is 58.5 Å². The van der Waals surface area contributed by atoms with E-state index in [9.17, 15) is 9.59 Å². The molecule has 9 nitrogen and oxygen atoms in total. The molecule has 2 aromatic heterocycles. The predicted octanol–water partition coefficient (Wildman–Crippen LogP) is 1.26. The molecule has 0 bridgehead atoms. The molecule has 0 radical (unpaired) electrons. The van der Waals surface area contributed by atoms with E-state index in [-0.39, 0.29) is 30.3 Å². The van der Waals surface area contributed by atoms with Crippen LogP contribution in [0.25, 0.3) is 0 Å². The largest absolute Gasteiger partial charge is 0.352 e. The average molecular weight is 388 g/mol. The standard InChI is InChI=1S/C19H28N6O3/c1-13-20-9-11-25(13)12-18(26)22-16-6-4-15(5-7-16)19(27)24(3)10-8-17-21-14(2)28-23-17/h9,11,15-16H,4-8,10,12H2,1-3H3,(H,22,26). The highest BCUT2D eigenvalue weighted by Gasteiger charge is 2.29. The molecule has 9 heteroatoms. The van der Waals surface area contributed by atoms with Gasteiger partial charge >= 0.3 is 0 Å². The fraction of sp³-hybridized carbons (Fsp3) is 0.632. The van der Waals surface area contributed by atoms with Gasteiger partial charge in [-0.25, -0.2) is 4.98 Å². The Kier molecular flexibility index (Phi) is 6.43. The number of hydrogen-bond acceptors (Lipinski definition) is 6. The summed E-state index contributed by atoms with van der Waals surface area (Å²) in [6, 6.07) is 0.132. The maximum absolute atomic E-state index is 12.7. The SMILES string of the molecule is Cc1nc(CCN(C)C(=O)C2CCC(NC(=O)Cn3ccnc3C)CC2)no1. The first kappa shape index (κ1) is 20.0. The first-order chi connectivity index (χ1) is 13.4. The summed E-state index contributed by atoms with van der Waals surface area (Å²) in [5.41, 5.74) is 0. The summed E-state index contributed by atoms with van der Waals surface area (Å²) >= 11 is 0. The maximum atomic E-state index is 12.7. The van der Waals surface area contributed by atoms with Crippen molar-refractivity contribution in [2.24, 2.45) is 5.92 Å². The second-order valence-electron chi connectivity index (χ2n) is 7.46. The minimum Gasteiger partial charge on any atom is -0.352 e. The van der Waals surface area contributed by atoms with Crippen molar-refractivity contribution in [1.29, 1.82) is 0 Å². The van der Waals surface area contributed by atoms with E-state index in [4.69, 9.17) is 4.52 Å². The third-order valence-electron chi connectivity index (χ3n) is 5.30. The lowest BCUT2D eigenvalue weighted by molar-refractivity contribution is -0.135. The van der Waals surface area contributed by atoms with Gasteiger partial charge in [0.15, 0.2) is 5.82 Å². The second-order valence-corrected chi connectivity index (χ2v) is 7.46. The summed E-state index contributed by atoms with van der Waals surface area (Å²) in [6.07, 6.45) is 7.30. The number of hydrogen-bond donors (Lipinski definition) is 1. The van der Waals surface area contributed by atoms with E-state index >= 15 is 0 Å². The van der Waals surface area contributed by atoms with Crippen molar-refractivity contribution < 1.29 is 14.1 Å². The van der Waals surface area contributed by atoms with Crippen molar-refractivity contribution in [3.8, 4) is 0 Å². The van der Waals surface area contributed by atoms with E-state index in [0.29, 0.717) is 24.7 Å². The molecule has 3 rings (SSSR count). The van der Waals surface area contributed by atoms with Crippen molar-refractivity contribution in [1.82, 2.24) is 29.9 Å². The van der Waals surface area contributed by atoms with Crippen LogP contribution in [0.2, 0.25) is 0 Å². The lowest BCUT2D eigenvalue weighted by atomic mass is 9.85. The van der Waals surface area contributed by atoms with Gasteiger partial charge in [0.05, 0.1) is 0 Å². The number of carbonyl (C=O) groups is 2. The number of amides is 2. The molecule has 0 unspecified atom stereocenters. The average Bonchev–Trinajstić information content (AvgIpc) is 3.28. The molecule has 1 aliphatic rings. The van der Waals surface area contributed by atoms with Crippen LogP contribution in [0.5, 0.6) is 0 Å². The van der Waals surface area contributed by atoms with E-state index in [2.05, 4.69) is 20.4 Å². The van der Waals surface area contributed by atoms with Gasteiger partial charge in [-0.05, 0) is 32.6 Å². The monoisotopic (exact) mass is 388 g/mol. The van der Waals surface area contributed by atoms with Crippen molar-refractivity contribution in [3.05, 3.63) is 29.9 Å². The molecular formula is C19H28N6O3. The van der Waals surface area contributed by atoms with Crippen molar-refractivity contribution in [2.75, 3.05) is 13.6 Å². The molecule has 1 fully saturated rings. The van der Waals surface area contributed by atoms with Gasteiger partial charge < -0.3 is 19.3 Å².